The molecule has 0 bridgehead atoms. The minimum Gasteiger partial charge on any atom is -0.358 e. The average molecular weight is 305 g/mol. The Morgan fingerprint density at radius 1 is 1.28 bits per heavy atom. The summed E-state index contributed by atoms with van der Waals surface area (Å²) >= 11 is 3.35. The van der Waals surface area contributed by atoms with Crippen LogP contribution in [-0.2, 0) is 0 Å². The van der Waals surface area contributed by atoms with Crippen molar-refractivity contribution in [1.29, 1.82) is 0 Å². The largest absolute Gasteiger partial charge is 0.358 e. The predicted molar refractivity (Wildman–Crippen MR) is 75.4 cm³/mol. The Balaban J connectivity index is 2.16. The molecule has 0 radical (unpaired) electrons. The predicted octanol–water partition coefficient (Wildman–Crippen LogP) is 3.01. The van der Waals surface area contributed by atoms with Gasteiger partial charge in [0.1, 0.15) is 10.4 Å². The van der Waals surface area contributed by atoms with Gasteiger partial charge in [-0.05, 0) is 28.9 Å². The van der Waals surface area contributed by atoms with E-state index in [4.69, 9.17) is 5.73 Å². The molecule has 3 aromatic rings. The number of nitrogens with zero attached hydrogens (tertiary/aromatic N) is 1. The maximum atomic E-state index is 6.31. The maximum Gasteiger partial charge on any atom is 0.128 e. The second-order valence-corrected chi connectivity index (χ2v) is 5.16. The highest BCUT2D eigenvalue weighted by atomic mass is 79.9. The first kappa shape index (κ1) is 11.5. The fourth-order valence-electron chi connectivity index (χ4n) is 2.31. The smallest absolute Gasteiger partial charge is 0.128 e. The van der Waals surface area contributed by atoms with Crippen LogP contribution in [0.4, 0.5) is 0 Å². The van der Waals surface area contributed by atoms with E-state index in [1.165, 1.54) is 0 Å². The SMILES string of the molecule is Cc1[nH]c2ccccc2c1C(N)c1ncc(Br)[nH]1. The van der Waals surface area contributed by atoms with Crippen molar-refractivity contribution in [2.75, 3.05) is 0 Å². The zero-order valence-corrected chi connectivity index (χ0v) is 11.5. The molecule has 0 aliphatic heterocycles. The van der Waals surface area contributed by atoms with Gasteiger partial charge in [-0.3, -0.25) is 0 Å². The van der Waals surface area contributed by atoms with Gasteiger partial charge in [0.15, 0.2) is 0 Å². The van der Waals surface area contributed by atoms with Crippen molar-refractivity contribution in [1.82, 2.24) is 15.0 Å². The molecule has 92 valence electrons. The van der Waals surface area contributed by atoms with Gasteiger partial charge in [-0.1, -0.05) is 18.2 Å². The van der Waals surface area contributed by atoms with Gasteiger partial charge >= 0.3 is 0 Å². The molecule has 0 spiro atoms. The van der Waals surface area contributed by atoms with Gasteiger partial charge in [0.2, 0.25) is 0 Å². The van der Waals surface area contributed by atoms with Crippen molar-refractivity contribution in [2.45, 2.75) is 13.0 Å². The molecule has 0 amide bonds. The molecule has 2 heterocycles. The lowest BCUT2D eigenvalue weighted by molar-refractivity contribution is 0.798. The van der Waals surface area contributed by atoms with Gasteiger partial charge in [-0.25, -0.2) is 4.98 Å². The Morgan fingerprint density at radius 2 is 2.06 bits per heavy atom. The molecule has 3 rings (SSSR count). The lowest BCUT2D eigenvalue weighted by atomic mass is 10.0. The van der Waals surface area contributed by atoms with Crippen molar-refractivity contribution in [3.8, 4) is 0 Å². The monoisotopic (exact) mass is 304 g/mol. The van der Waals surface area contributed by atoms with Crippen LogP contribution >= 0.6 is 15.9 Å². The number of rotatable bonds is 2. The number of benzene rings is 1. The van der Waals surface area contributed by atoms with Gasteiger partial charge in [-0.2, -0.15) is 0 Å². The molecule has 1 atom stereocenters. The summed E-state index contributed by atoms with van der Waals surface area (Å²) in [6, 6.07) is 7.90. The van der Waals surface area contributed by atoms with Crippen LogP contribution in [0.3, 0.4) is 0 Å². The van der Waals surface area contributed by atoms with E-state index in [1.807, 2.05) is 19.1 Å². The molecule has 1 unspecified atom stereocenters. The maximum absolute atomic E-state index is 6.31. The number of aromatic amines is 2. The van der Waals surface area contributed by atoms with E-state index in [0.717, 1.165) is 32.6 Å². The molecule has 1 aromatic carbocycles. The highest BCUT2D eigenvalue weighted by molar-refractivity contribution is 9.10. The standard InChI is InChI=1S/C13H13BrN4/c1-7-11(8-4-2-3-5-9(8)17-7)12(15)13-16-6-10(14)18-13/h2-6,12,17H,15H2,1H3,(H,16,18). The Bertz CT molecular complexity index is 698. The molecule has 4 nitrogen and oxygen atoms in total. The van der Waals surface area contributed by atoms with Gasteiger partial charge in [0.05, 0.1) is 12.2 Å². The zero-order chi connectivity index (χ0) is 12.7. The first-order valence-corrected chi connectivity index (χ1v) is 6.49. The Kier molecular flexibility index (Phi) is 2.72. The van der Waals surface area contributed by atoms with Crippen LogP contribution < -0.4 is 5.73 Å². The molecule has 2 aromatic heterocycles. The number of hydrogen-bond donors (Lipinski definition) is 3. The number of hydrogen-bond acceptors (Lipinski definition) is 2. The Hall–Kier alpha value is -1.59. The van der Waals surface area contributed by atoms with Crippen molar-refractivity contribution >= 4 is 26.8 Å². The molecular weight excluding hydrogens is 292 g/mol. The first-order valence-electron chi connectivity index (χ1n) is 5.70. The summed E-state index contributed by atoms with van der Waals surface area (Å²) in [5.41, 5.74) is 9.58. The summed E-state index contributed by atoms with van der Waals surface area (Å²) in [7, 11) is 0. The molecule has 18 heavy (non-hydrogen) atoms. The Labute approximate surface area is 113 Å². The fraction of sp³-hybridized carbons (Fsp3) is 0.154. The molecule has 0 saturated carbocycles. The lowest BCUT2D eigenvalue weighted by Crippen LogP contribution is -2.14. The number of fused-ring (bicyclic) bond motifs is 1. The van der Waals surface area contributed by atoms with Crippen LogP contribution in [-0.4, -0.2) is 15.0 Å². The van der Waals surface area contributed by atoms with E-state index in [2.05, 4.69) is 43.0 Å². The molecule has 0 aliphatic carbocycles. The van der Waals surface area contributed by atoms with Gasteiger partial charge in [0, 0.05) is 22.2 Å². The quantitative estimate of drug-likeness (QED) is 0.681. The second kappa shape index (κ2) is 4.26. The average Bonchev–Trinajstić information content (AvgIpc) is 2.91. The van der Waals surface area contributed by atoms with Gasteiger partial charge in [0.25, 0.3) is 0 Å². The number of aromatic nitrogens is 3. The molecule has 5 heteroatoms. The molecule has 0 fully saturated rings. The molecule has 4 N–H and O–H groups in total. The normalized spacial score (nSPS) is 13.1. The first-order chi connectivity index (χ1) is 8.66. The van der Waals surface area contributed by atoms with Crippen molar-refractivity contribution < 1.29 is 0 Å². The second-order valence-electron chi connectivity index (χ2n) is 4.30. The fourth-order valence-corrected chi connectivity index (χ4v) is 2.61. The molecular formula is C13H13BrN4. The van der Waals surface area contributed by atoms with Crippen LogP contribution in [0.15, 0.2) is 35.1 Å². The lowest BCUT2D eigenvalue weighted by Gasteiger charge is -2.09. The summed E-state index contributed by atoms with van der Waals surface area (Å²) in [6.45, 7) is 2.03. The van der Waals surface area contributed by atoms with E-state index >= 15 is 0 Å². The third-order valence-electron chi connectivity index (χ3n) is 3.11. The highest BCUT2D eigenvalue weighted by Crippen LogP contribution is 2.29. The summed E-state index contributed by atoms with van der Waals surface area (Å²) in [4.78, 5) is 10.8. The Morgan fingerprint density at radius 3 is 2.78 bits per heavy atom. The number of aryl methyl sites for hydroxylation is 1. The van der Waals surface area contributed by atoms with E-state index in [9.17, 15) is 0 Å². The topological polar surface area (TPSA) is 70.5 Å². The summed E-state index contributed by atoms with van der Waals surface area (Å²) in [5.74, 6) is 0.759. The van der Waals surface area contributed by atoms with Crippen LogP contribution in [0.5, 0.6) is 0 Å². The third-order valence-corrected chi connectivity index (χ3v) is 3.52. The third kappa shape index (κ3) is 1.76. The highest BCUT2D eigenvalue weighted by Gasteiger charge is 2.19. The van der Waals surface area contributed by atoms with Crippen molar-refractivity contribution in [3.63, 3.8) is 0 Å². The zero-order valence-electron chi connectivity index (χ0n) is 9.87. The van der Waals surface area contributed by atoms with Crippen LogP contribution in [0.1, 0.15) is 23.1 Å². The van der Waals surface area contributed by atoms with Gasteiger partial charge in [-0.15, -0.1) is 0 Å². The minimum atomic E-state index is -0.257. The number of imidazole rings is 1. The van der Waals surface area contributed by atoms with Crippen LogP contribution in [0.2, 0.25) is 0 Å². The number of nitrogens with two attached hydrogens (primary N) is 1. The van der Waals surface area contributed by atoms with Crippen molar-refractivity contribution in [3.05, 3.63) is 52.1 Å². The summed E-state index contributed by atoms with van der Waals surface area (Å²) in [5, 5.41) is 1.15. The van der Waals surface area contributed by atoms with Crippen LogP contribution in [0, 0.1) is 6.92 Å². The van der Waals surface area contributed by atoms with E-state index in [0.29, 0.717) is 0 Å². The number of H-pyrrole nitrogens is 2. The van der Waals surface area contributed by atoms with E-state index in [1.54, 1.807) is 6.20 Å². The van der Waals surface area contributed by atoms with Crippen LogP contribution in [0.25, 0.3) is 10.9 Å². The minimum absolute atomic E-state index is 0.257. The van der Waals surface area contributed by atoms with E-state index in [-0.39, 0.29) is 6.04 Å². The molecule has 0 saturated heterocycles. The number of para-hydroxylation sites is 1. The summed E-state index contributed by atoms with van der Waals surface area (Å²) in [6.07, 6.45) is 1.72. The van der Waals surface area contributed by atoms with Crippen molar-refractivity contribution in [2.24, 2.45) is 5.73 Å². The number of halogens is 1. The van der Waals surface area contributed by atoms with E-state index < -0.39 is 0 Å². The number of nitrogens with one attached hydrogen (secondary N) is 2. The van der Waals surface area contributed by atoms with Gasteiger partial charge < -0.3 is 15.7 Å². The summed E-state index contributed by atoms with van der Waals surface area (Å²) < 4.78 is 0.838. The molecule has 0 aliphatic rings.